The van der Waals surface area contributed by atoms with Crippen molar-refractivity contribution in [2.45, 2.75) is 26.7 Å². The molecule has 0 bridgehead atoms. The van der Waals surface area contributed by atoms with E-state index in [-0.39, 0.29) is 18.9 Å². The van der Waals surface area contributed by atoms with Crippen LogP contribution < -0.4 is 0 Å². The number of ether oxygens (including phenoxy) is 1. The molecule has 2 heterocycles. The van der Waals surface area contributed by atoms with Crippen molar-refractivity contribution < 1.29 is 18.8 Å². The Balaban J connectivity index is 1.53. The molecule has 0 spiro atoms. The zero-order valence-electron chi connectivity index (χ0n) is 14.0. The molecule has 1 saturated heterocycles. The van der Waals surface area contributed by atoms with Gasteiger partial charge in [0, 0.05) is 18.5 Å². The Hall–Kier alpha value is -2.37. The number of para-hydroxylation sites is 1. The Bertz CT molecular complexity index is 729. The van der Waals surface area contributed by atoms with Crippen LogP contribution in [0.5, 0.6) is 0 Å². The van der Waals surface area contributed by atoms with Crippen molar-refractivity contribution in [3.63, 3.8) is 0 Å². The highest BCUT2D eigenvalue weighted by molar-refractivity contribution is 5.85. The number of hydrogen-bond donors (Lipinski definition) is 0. The maximum Gasteiger partial charge on any atom is 0.312 e. The minimum Gasteiger partial charge on any atom is -0.455 e. The first-order valence-corrected chi connectivity index (χ1v) is 8.29. The lowest BCUT2D eigenvalue weighted by molar-refractivity contribution is -0.152. The zero-order chi connectivity index (χ0) is 17.1. The van der Waals surface area contributed by atoms with Gasteiger partial charge in [-0.3, -0.25) is 9.59 Å². The monoisotopic (exact) mass is 330 g/mol. The lowest BCUT2D eigenvalue weighted by Crippen LogP contribution is -2.44. The molecule has 6 nitrogen and oxygen atoms in total. The van der Waals surface area contributed by atoms with Gasteiger partial charge in [-0.2, -0.15) is 0 Å². The molecule has 1 amide bonds. The highest BCUT2D eigenvalue weighted by atomic mass is 16.5. The number of nitrogens with zero attached hydrogens (tertiary/aromatic N) is 2. The summed E-state index contributed by atoms with van der Waals surface area (Å²) in [5.41, 5.74) is 1.16. The summed E-state index contributed by atoms with van der Waals surface area (Å²) < 4.78 is 10.3. The second-order valence-corrected chi connectivity index (χ2v) is 6.71. The Morgan fingerprint density at radius 3 is 2.71 bits per heavy atom. The first-order valence-electron chi connectivity index (χ1n) is 8.29. The van der Waals surface area contributed by atoms with E-state index in [0.717, 1.165) is 24.9 Å². The van der Waals surface area contributed by atoms with Gasteiger partial charge in [0.05, 0.1) is 6.42 Å². The number of esters is 1. The fourth-order valence-electron chi connectivity index (χ4n) is 3.35. The van der Waals surface area contributed by atoms with Crippen LogP contribution in [0.25, 0.3) is 11.0 Å². The standard InChI is InChI=1S/C18H22N2O4/c1-12-7-13(2)10-20(9-12)17(21)11-23-18(22)8-15-14-5-3-4-6-16(14)24-19-15/h3-6,12-13H,7-11H2,1-2H3/t12-,13+. The second kappa shape index (κ2) is 7.03. The van der Waals surface area contributed by atoms with Crippen LogP contribution in [-0.4, -0.2) is 41.6 Å². The van der Waals surface area contributed by atoms with Crippen LogP contribution in [0.2, 0.25) is 0 Å². The fourth-order valence-corrected chi connectivity index (χ4v) is 3.35. The molecule has 0 unspecified atom stereocenters. The van der Waals surface area contributed by atoms with Crippen molar-refractivity contribution in [3.8, 4) is 0 Å². The summed E-state index contributed by atoms with van der Waals surface area (Å²) >= 11 is 0. The minimum absolute atomic E-state index is 0.00288. The van der Waals surface area contributed by atoms with Gasteiger partial charge >= 0.3 is 5.97 Å². The topological polar surface area (TPSA) is 72.6 Å². The van der Waals surface area contributed by atoms with E-state index in [2.05, 4.69) is 19.0 Å². The summed E-state index contributed by atoms with van der Waals surface area (Å²) in [7, 11) is 0. The molecule has 2 atom stereocenters. The van der Waals surface area contributed by atoms with Crippen molar-refractivity contribution in [2.75, 3.05) is 19.7 Å². The van der Waals surface area contributed by atoms with E-state index in [4.69, 9.17) is 9.26 Å². The second-order valence-electron chi connectivity index (χ2n) is 6.71. The molecule has 2 aromatic rings. The molecular weight excluding hydrogens is 308 g/mol. The minimum atomic E-state index is -0.472. The molecular formula is C18H22N2O4. The van der Waals surface area contributed by atoms with Gasteiger partial charge in [0.2, 0.25) is 0 Å². The van der Waals surface area contributed by atoms with Gasteiger partial charge in [-0.25, -0.2) is 0 Å². The molecule has 1 aliphatic heterocycles. The number of rotatable bonds is 4. The van der Waals surface area contributed by atoms with Crippen LogP contribution in [0.3, 0.4) is 0 Å². The van der Waals surface area contributed by atoms with Crippen LogP contribution in [0, 0.1) is 11.8 Å². The van der Waals surface area contributed by atoms with E-state index in [9.17, 15) is 9.59 Å². The van der Waals surface area contributed by atoms with Gasteiger partial charge in [0.25, 0.3) is 5.91 Å². The Morgan fingerprint density at radius 1 is 1.25 bits per heavy atom. The summed E-state index contributed by atoms with van der Waals surface area (Å²) in [6.45, 7) is 5.52. The first-order chi connectivity index (χ1) is 11.5. The molecule has 1 aromatic carbocycles. The molecule has 1 aliphatic rings. The third-order valence-corrected chi connectivity index (χ3v) is 4.34. The number of carbonyl (C=O) groups is 2. The third kappa shape index (κ3) is 3.75. The number of hydrogen-bond acceptors (Lipinski definition) is 5. The van der Waals surface area contributed by atoms with Gasteiger partial charge in [0.1, 0.15) is 5.69 Å². The summed E-state index contributed by atoms with van der Waals surface area (Å²) in [5.74, 6) is 0.358. The van der Waals surface area contributed by atoms with Crippen LogP contribution in [0.4, 0.5) is 0 Å². The SMILES string of the molecule is C[C@@H]1C[C@H](C)CN(C(=O)COC(=O)Cc2noc3ccccc23)C1. The van der Waals surface area contributed by atoms with Crippen LogP contribution in [0.15, 0.2) is 28.8 Å². The number of amides is 1. The van der Waals surface area contributed by atoms with Crippen molar-refractivity contribution in [2.24, 2.45) is 11.8 Å². The lowest BCUT2D eigenvalue weighted by Gasteiger charge is -2.34. The van der Waals surface area contributed by atoms with Crippen molar-refractivity contribution in [1.29, 1.82) is 0 Å². The molecule has 128 valence electrons. The van der Waals surface area contributed by atoms with Crippen LogP contribution in [-0.2, 0) is 20.7 Å². The number of fused-ring (bicyclic) bond motifs is 1. The van der Waals surface area contributed by atoms with Gasteiger partial charge in [-0.05, 0) is 30.4 Å². The van der Waals surface area contributed by atoms with E-state index < -0.39 is 5.97 Å². The average molecular weight is 330 g/mol. The van der Waals surface area contributed by atoms with E-state index in [1.54, 1.807) is 11.0 Å². The molecule has 6 heteroatoms. The fraction of sp³-hybridized carbons (Fsp3) is 0.500. The van der Waals surface area contributed by atoms with Crippen molar-refractivity contribution >= 4 is 22.8 Å². The van der Waals surface area contributed by atoms with E-state index in [1.807, 2.05) is 18.2 Å². The molecule has 1 fully saturated rings. The summed E-state index contributed by atoms with van der Waals surface area (Å²) in [4.78, 5) is 26.0. The van der Waals surface area contributed by atoms with E-state index >= 15 is 0 Å². The molecule has 0 radical (unpaired) electrons. The molecule has 3 rings (SSSR count). The number of likely N-dealkylation sites (tertiary alicyclic amines) is 1. The Morgan fingerprint density at radius 2 is 1.96 bits per heavy atom. The number of benzene rings is 1. The molecule has 24 heavy (non-hydrogen) atoms. The summed E-state index contributed by atoms with van der Waals surface area (Å²) in [6, 6.07) is 7.33. The number of aromatic nitrogens is 1. The van der Waals surface area contributed by atoms with Gasteiger partial charge in [-0.15, -0.1) is 0 Å². The summed E-state index contributed by atoms with van der Waals surface area (Å²) in [6.07, 6.45) is 1.12. The largest absolute Gasteiger partial charge is 0.455 e. The van der Waals surface area contributed by atoms with E-state index in [0.29, 0.717) is 23.1 Å². The van der Waals surface area contributed by atoms with Crippen LogP contribution >= 0.6 is 0 Å². The normalized spacial score (nSPS) is 21.0. The predicted octanol–water partition coefficient (Wildman–Crippen LogP) is 2.42. The first kappa shape index (κ1) is 16.5. The van der Waals surface area contributed by atoms with Gasteiger partial charge in [0.15, 0.2) is 12.2 Å². The Kier molecular flexibility index (Phi) is 4.83. The number of piperidine rings is 1. The van der Waals surface area contributed by atoms with Gasteiger partial charge in [-0.1, -0.05) is 31.1 Å². The maximum atomic E-state index is 12.2. The third-order valence-electron chi connectivity index (χ3n) is 4.34. The van der Waals surface area contributed by atoms with Gasteiger partial charge < -0.3 is 14.2 Å². The molecule has 0 saturated carbocycles. The molecule has 1 aromatic heterocycles. The quantitative estimate of drug-likeness (QED) is 0.805. The zero-order valence-corrected chi connectivity index (χ0v) is 14.0. The Labute approximate surface area is 140 Å². The average Bonchev–Trinajstić information content (AvgIpc) is 2.95. The smallest absolute Gasteiger partial charge is 0.312 e. The van der Waals surface area contributed by atoms with E-state index in [1.165, 1.54) is 0 Å². The van der Waals surface area contributed by atoms with Crippen LogP contribution in [0.1, 0.15) is 26.0 Å². The van der Waals surface area contributed by atoms with Crippen molar-refractivity contribution in [3.05, 3.63) is 30.0 Å². The predicted molar refractivity (Wildman–Crippen MR) is 88.2 cm³/mol. The molecule has 0 N–H and O–H groups in total. The maximum absolute atomic E-state index is 12.2. The molecule has 0 aliphatic carbocycles. The van der Waals surface area contributed by atoms with Crippen molar-refractivity contribution in [1.82, 2.24) is 10.1 Å². The lowest BCUT2D eigenvalue weighted by atomic mass is 9.92. The highest BCUT2D eigenvalue weighted by Crippen LogP contribution is 2.21. The highest BCUT2D eigenvalue weighted by Gasteiger charge is 2.26. The number of carbonyl (C=O) groups excluding carboxylic acids is 2. The summed E-state index contributed by atoms with van der Waals surface area (Å²) in [5, 5.41) is 4.69.